The molecule has 0 spiro atoms. The minimum Gasteiger partial charge on any atom is -0.354 e. The van der Waals surface area contributed by atoms with Crippen LogP contribution in [-0.2, 0) is 25.9 Å². The Bertz CT molecular complexity index is 756. The molecule has 3 rings (SSSR count). The highest BCUT2D eigenvalue weighted by molar-refractivity contribution is 7.80. The maximum absolute atomic E-state index is 12.4. The number of rotatable bonds is 6. The van der Waals surface area contributed by atoms with Gasteiger partial charge in [-0.3, -0.25) is 14.3 Å². The second-order valence-electron chi connectivity index (χ2n) is 5.91. The number of pyridine rings is 1. The van der Waals surface area contributed by atoms with Crippen molar-refractivity contribution in [3.63, 3.8) is 0 Å². The van der Waals surface area contributed by atoms with E-state index in [2.05, 4.69) is 14.6 Å². The van der Waals surface area contributed by atoms with Crippen LogP contribution in [0.5, 0.6) is 0 Å². The average Bonchev–Trinajstić information content (AvgIpc) is 2.79. The lowest BCUT2D eigenvalue weighted by Gasteiger charge is -2.29. The minimum absolute atomic E-state index is 0.176. The Hall–Kier alpha value is -2.24. The van der Waals surface area contributed by atoms with E-state index in [0.717, 1.165) is 5.56 Å². The zero-order chi connectivity index (χ0) is 18.0. The van der Waals surface area contributed by atoms with Gasteiger partial charge in [-0.1, -0.05) is 6.07 Å². The Kier molecular flexibility index (Phi) is 4.88. The summed E-state index contributed by atoms with van der Waals surface area (Å²) in [5.74, 6) is -0.301. The van der Waals surface area contributed by atoms with Crippen LogP contribution in [0.2, 0.25) is 0 Å². The smallest absolute Gasteiger partial charge is 0.354 e. The number of aromatic nitrogens is 1. The second kappa shape index (κ2) is 6.94. The van der Waals surface area contributed by atoms with Crippen molar-refractivity contribution in [2.45, 2.75) is 31.3 Å². The van der Waals surface area contributed by atoms with Crippen LogP contribution < -0.4 is 5.32 Å². The molecule has 0 radical (unpaired) electrons. The third-order valence-electron chi connectivity index (χ3n) is 4.24. The molecule has 0 unspecified atom stereocenters. The molecule has 136 valence electrons. The second-order valence-corrected chi connectivity index (χ2v) is 6.92. The maximum atomic E-state index is 12.4. The number of hydrogen-bond acceptors (Lipinski definition) is 6. The number of carbonyl (C=O) groups excluding carboxylic acids is 2. The van der Waals surface area contributed by atoms with E-state index in [1.54, 1.807) is 12.4 Å². The fourth-order valence-corrected chi connectivity index (χ4v) is 3.49. The van der Waals surface area contributed by atoms with Gasteiger partial charge < -0.3 is 10.2 Å². The third kappa shape index (κ3) is 4.06. The zero-order valence-electron chi connectivity index (χ0n) is 13.2. The molecule has 2 bridgehead atoms. The standard InChI is InChI=1S/C14H18N4O6S/c19-13(16-7-5-10-2-1-6-15-8-10)12-4-3-11-9-17(12)14(20)18(11)24-25(21,22)23/h1-2,6,8,11-12H,3-5,7,9H2,(H,16,19)(H,21,22,23)/t11-,12+/m0/s1. The van der Waals surface area contributed by atoms with Crippen molar-refractivity contribution in [1.82, 2.24) is 20.3 Å². The molecule has 11 heteroatoms. The van der Waals surface area contributed by atoms with Crippen LogP contribution in [0.25, 0.3) is 0 Å². The molecule has 0 aliphatic carbocycles. The van der Waals surface area contributed by atoms with Gasteiger partial charge in [0.1, 0.15) is 6.04 Å². The van der Waals surface area contributed by atoms with Crippen LogP contribution in [0.15, 0.2) is 24.5 Å². The van der Waals surface area contributed by atoms with Crippen LogP contribution in [-0.4, -0.2) is 65.0 Å². The van der Waals surface area contributed by atoms with Crippen molar-refractivity contribution in [1.29, 1.82) is 0 Å². The van der Waals surface area contributed by atoms with E-state index in [1.165, 1.54) is 4.90 Å². The summed E-state index contributed by atoms with van der Waals surface area (Å²) < 4.78 is 34.8. The minimum atomic E-state index is -4.79. The molecule has 2 aliphatic rings. The number of urea groups is 1. The van der Waals surface area contributed by atoms with E-state index < -0.39 is 28.5 Å². The first-order valence-corrected chi connectivity index (χ1v) is 9.15. The highest BCUT2D eigenvalue weighted by atomic mass is 32.3. The molecular formula is C14H18N4O6S. The summed E-state index contributed by atoms with van der Waals surface area (Å²) in [7, 11) is -4.79. The van der Waals surface area contributed by atoms with Crippen LogP contribution in [0.1, 0.15) is 18.4 Å². The van der Waals surface area contributed by atoms with Gasteiger partial charge in [0.2, 0.25) is 5.91 Å². The lowest BCUT2D eigenvalue weighted by atomic mass is 10.0. The molecule has 3 amide bonds. The lowest BCUT2D eigenvalue weighted by molar-refractivity contribution is -0.126. The maximum Gasteiger partial charge on any atom is 0.418 e. The summed E-state index contributed by atoms with van der Waals surface area (Å²) in [5, 5.41) is 3.40. The van der Waals surface area contributed by atoms with Crippen molar-refractivity contribution in [3.05, 3.63) is 30.1 Å². The van der Waals surface area contributed by atoms with Gasteiger partial charge >= 0.3 is 16.4 Å². The predicted octanol–water partition coefficient (Wildman–Crippen LogP) is -0.257. The van der Waals surface area contributed by atoms with E-state index in [9.17, 15) is 18.0 Å². The van der Waals surface area contributed by atoms with E-state index in [4.69, 9.17) is 4.55 Å². The molecular weight excluding hydrogens is 352 g/mol. The molecule has 3 heterocycles. The number of fused-ring (bicyclic) bond motifs is 2. The Morgan fingerprint density at radius 3 is 2.92 bits per heavy atom. The fourth-order valence-electron chi connectivity index (χ4n) is 3.10. The highest BCUT2D eigenvalue weighted by Gasteiger charge is 2.49. The van der Waals surface area contributed by atoms with Crippen LogP contribution in [0.4, 0.5) is 4.79 Å². The van der Waals surface area contributed by atoms with Crippen LogP contribution >= 0.6 is 0 Å². The quantitative estimate of drug-likeness (QED) is 0.660. The summed E-state index contributed by atoms with van der Waals surface area (Å²) >= 11 is 0. The van der Waals surface area contributed by atoms with Gasteiger partial charge in [0, 0.05) is 25.5 Å². The first-order valence-electron chi connectivity index (χ1n) is 7.78. The fraction of sp³-hybridized carbons (Fsp3) is 0.500. The molecule has 2 fully saturated rings. The number of hydroxylamine groups is 2. The summed E-state index contributed by atoms with van der Waals surface area (Å²) in [5.41, 5.74) is 0.983. The normalized spacial score (nSPS) is 23.0. The Morgan fingerprint density at radius 2 is 2.24 bits per heavy atom. The highest BCUT2D eigenvalue weighted by Crippen LogP contribution is 2.30. The summed E-state index contributed by atoms with van der Waals surface area (Å²) in [6.45, 7) is 0.576. The van der Waals surface area contributed by atoms with Crippen molar-refractivity contribution in [3.8, 4) is 0 Å². The van der Waals surface area contributed by atoms with E-state index >= 15 is 0 Å². The van der Waals surface area contributed by atoms with Crippen molar-refractivity contribution in [2.24, 2.45) is 0 Å². The first-order chi connectivity index (χ1) is 11.8. The predicted molar refractivity (Wildman–Crippen MR) is 84.3 cm³/mol. The molecule has 2 N–H and O–H groups in total. The Labute approximate surface area is 144 Å². The number of nitrogens with zero attached hydrogens (tertiary/aromatic N) is 3. The SMILES string of the molecule is O=C(NCCc1cccnc1)[C@H]1CC[C@H]2CN1C(=O)N2OS(=O)(=O)O. The molecule has 0 saturated carbocycles. The van der Waals surface area contributed by atoms with Gasteiger partial charge in [-0.25, -0.2) is 4.79 Å². The number of piperidine rings is 1. The van der Waals surface area contributed by atoms with Crippen molar-refractivity contribution in [2.75, 3.05) is 13.1 Å². The van der Waals surface area contributed by atoms with Crippen LogP contribution in [0.3, 0.4) is 0 Å². The zero-order valence-corrected chi connectivity index (χ0v) is 14.1. The summed E-state index contributed by atoms with van der Waals surface area (Å²) in [6.07, 6.45) is 4.78. The molecule has 1 aromatic rings. The lowest BCUT2D eigenvalue weighted by Crippen LogP contribution is -2.50. The van der Waals surface area contributed by atoms with E-state index in [0.29, 0.717) is 30.9 Å². The van der Waals surface area contributed by atoms with Gasteiger partial charge in [-0.15, -0.1) is 4.28 Å². The van der Waals surface area contributed by atoms with Crippen molar-refractivity contribution >= 4 is 22.3 Å². The van der Waals surface area contributed by atoms with Gasteiger partial charge in [-0.2, -0.15) is 13.5 Å². The van der Waals surface area contributed by atoms with Gasteiger partial charge in [-0.05, 0) is 30.9 Å². The molecule has 25 heavy (non-hydrogen) atoms. The van der Waals surface area contributed by atoms with Gasteiger partial charge in [0.05, 0.1) is 6.04 Å². The molecule has 2 saturated heterocycles. The average molecular weight is 370 g/mol. The summed E-state index contributed by atoms with van der Waals surface area (Å²) in [4.78, 5) is 29.9. The molecule has 0 aromatic carbocycles. The monoisotopic (exact) mass is 370 g/mol. The topological polar surface area (TPSA) is 129 Å². The van der Waals surface area contributed by atoms with Gasteiger partial charge in [0.25, 0.3) is 0 Å². The Balaban J connectivity index is 1.57. The number of hydrogen-bond donors (Lipinski definition) is 2. The van der Waals surface area contributed by atoms with Crippen LogP contribution in [0, 0.1) is 0 Å². The Morgan fingerprint density at radius 1 is 1.44 bits per heavy atom. The molecule has 10 nitrogen and oxygen atoms in total. The molecule has 2 aliphatic heterocycles. The van der Waals surface area contributed by atoms with Gasteiger partial charge in [0.15, 0.2) is 0 Å². The number of carbonyl (C=O) groups is 2. The number of amides is 3. The molecule has 1 aromatic heterocycles. The van der Waals surface area contributed by atoms with E-state index in [-0.39, 0.29) is 12.5 Å². The molecule has 2 atom stereocenters. The van der Waals surface area contributed by atoms with Crippen molar-refractivity contribution < 1.29 is 26.8 Å². The van der Waals surface area contributed by atoms with E-state index in [1.807, 2.05) is 12.1 Å². The third-order valence-corrected chi connectivity index (χ3v) is 4.58. The first kappa shape index (κ1) is 17.6. The largest absolute Gasteiger partial charge is 0.418 e. The summed E-state index contributed by atoms with van der Waals surface area (Å²) in [6, 6.07) is 1.78. The number of nitrogens with one attached hydrogen (secondary N) is 1.